The number of para-hydroxylation sites is 1. The Kier molecular flexibility index (Phi) is 6.55. The van der Waals surface area contributed by atoms with Crippen molar-refractivity contribution in [3.05, 3.63) is 76.3 Å². The van der Waals surface area contributed by atoms with Gasteiger partial charge in [-0.1, -0.05) is 36.4 Å². The van der Waals surface area contributed by atoms with Crippen LogP contribution >= 0.6 is 0 Å². The topological polar surface area (TPSA) is 81.4 Å². The van der Waals surface area contributed by atoms with E-state index in [9.17, 15) is 14.7 Å². The molecule has 0 saturated carbocycles. The van der Waals surface area contributed by atoms with Crippen LogP contribution < -0.4 is 5.56 Å². The molecule has 1 N–H and O–H groups in total. The lowest BCUT2D eigenvalue weighted by molar-refractivity contribution is -0.149. The summed E-state index contributed by atoms with van der Waals surface area (Å²) in [6.07, 6.45) is 2.78. The third-order valence-corrected chi connectivity index (χ3v) is 4.68. The number of carbonyl (C=O) groups is 1. The molecule has 146 valence electrons. The molecular formula is C22H24N2O4. The zero-order valence-electron chi connectivity index (χ0n) is 15.9. The lowest BCUT2D eigenvalue weighted by atomic mass is 10.0. The van der Waals surface area contributed by atoms with E-state index < -0.39 is 12.1 Å². The second-order valence-electron chi connectivity index (χ2n) is 6.67. The van der Waals surface area contributed by atoms with Crippen molar-refractivity contribution < 1.29 is 14.6 Å². The highest BCUT2D eigenvalue weighted by Gasteiger charge is 2.17. The smallest absolute Gasteiger partial charge is 0.333 e. The first-order valence-electron chi connectivity index (χ1n) is 9.45. The van der Waals surface area contributed by atoms with Crippen LogP contribution in [0.5, 0.6) is 0 Å². The van der Waals surface area contributed by atoms with Crippen molar-refractivity contribution in [3.8, 4) is 0 Å². The molecule has 3 aromatic rings. The number of hydrogen-bond acceptors (Lipinski definition) is 4. The lowest BCUT2D eigenvalue weighted by Gasteiger charge is -2.12. The molecule has 0 bridgehead atoms. The third kappa shape index (κ3) is 4.84. The maximum absolute atomic E-state index is 12.5. The van der Waals surface area contributed by atoms with Crippen LogP contribution in [0.25, 0.3) is 10.9 Å². The SMILES string of the molecule is CCOC(Cc1ccc(CCCn2cnc3ccccc3c2=O)cc1)C(=O)O. The second kappa shape index (κ2) is 9.28. The van der Waals surface area contributed by atoms with Gasteiger partial charge in [-0.05, 0) is 43.0 Å². The van der Waals surface area contributed by atoms with Gasteiger partial charge >= 0.3 is 5.97 Å². The maximum Gasteiger partial charge on any atom is 0.333 e. The fraction of sp³-hybridized carbons (Fsp3) is 0.318. The molecule has 1 atom stereocenters. The van der Waals surface area contributed by atoms with E-state index in [4.69, 9.17) is 4.74 Å². The lowest BCUT2D eigenvalue weighted by Crippen LogP contribution is -2.26. The van der Waals surface area contributed by atoms with Crippen molar-refractivity contribution in [1.29, 1.82) is 0 Å². The fourth-order valence-corrected chi connectivity index (χ4v) is 3.19. The molecule has 0 fully saturated rings. The second-order valence-corrected chi connectivity index (χ2v) is 6.67. The highest BCUT2D eigenvalue weighted by molar-refractivity contribution is 5.76. The Hall–Kier alpha value is -2.99. The Morgan fingerprint density at radius 3 is 2.57 bits per heavy atom. The Morgan fingerprint density at radius 1 is 1.14 bits per heavy atom. The molecule has 0 saturated heterocycles. The van der Waals surface area contributed by atoms with Gasteiger partial charge in [-0.3, -0.25) is 9.36 Å². The predicted octanol–water partition coefficient (Wildman–Crippen LogP) is 3.06. The van der Waals surface area contributed by atoms with Crippen LogP contribution in [0.3, 0.4) is 0 Å². The summed E-state index contributed by atoms with van der Waals surface area (Å²) in [4.78, 5) is 28.0. The van der Waals surface area contributed by atoms with Gasteiger partial charge in [0.1, 0.15) is 0 Å². The van der Waals surface area contributed by atoms with Crippen molar-refractivity contribution >= 4 is 16.9 Å². The highest BCUT2D eigenvalue weighted by Crippen LogP contribution is 2.11. The number of ether oxygens (including phenoxy) is 1. The van der Waals surface area contributed by atoms with Crippen molar-refractivity contribution in [2.75, 3.05) is 6.61 Å². The van der Waals surface area contributed by atoms with Crippen molar-refractivity contribution in [2.45, 2.75) is 38.8 Å². The average molecular weight is 380 g/mol. The molecule has 0 spiro atoms. The quantitative estimate of drug-likeness (QED) is 0.617. The van der Waals surface area contributed by atoms with Crippen LogP contribution in [0.4, 0.5) is 0 Å². The number of aliphatic carboxylic acids is 1. The number of nitrogens with zero attached hydrogens (tertiary/aromatic N) is 2. The fourth-order valence-electron chi connectivity index (χ4n) is 3.19. The summed E-state index contributed by atoms with van der Waals surface area (Å²) in [5.74, 6) is -0.944. The predicted molar refractivity (Wildman–Crippen MR) is 108 cm³/mol. The van der Waals surface area contributed by atoms with Gasteiger partial charge in [0.2, 0.25) is 0 Å². The molecular weight excluding hydrogens is 356 g/mol. The number of rotatable bonds is 9. The molecule has 1 unspecified atom stereocenters. The molecule has 2 aromatic carbocycles. The van der Waals surface area contributed by atoms with E-state index in [1.54, 1.807) is 23.9 Å². The normalized spacial score (nSPS) is 12.2. The minimum atomic E-state index is -0.944. The van der Waals surface area contributed by atoms with Gasteiger partial charge in [-0.2, -0.15) is 0 Å². The van der Waals surface area contributed by atoms with Crippen LogP contribution in [0, 0.1) is 0 Å². The maximum atomic E-state index is 12.5. The number of carboxylic acids is 1. The van der Waals surface area contributed by atoms with Crippen molar-refractivity contribution in [3.63, 3.8) is 0 Å². The van der Waals surface area contributed by atoms with Gasteiger partial charge < -0.3 is 9.84 Å². The van der Waals surface area contributed by atoms with Crippen LogP contribution in [0.15, 0.2) is 59.7 Å². The molecule has 1 heterocycles. The molecule has 0 aliphatic carbocycles. The van der Waals surface area contributed by atoms with Gasteiger partial charge in [-0.25, -0.2) is 9.78 Å². The number of hydrogen-bond donors (Lipinski definition) is 1. The molecule has 6 nitrogen and oxygen atoms in total. The number of fused-ring (bicyclic) bond motifs is 1. The van der Waals surface area contributed by atoms with E-state index in [-0.39, 0.29) is 5.56 Å². The minimum Gasteiger partial charge on any atom is -0.479 e. The highest BCUT2D eigenvalue weighted by atomic mass is 16.5. The van der Waals surface area contributed by atoms with E-state index in [0.29, 0.717) is 30.5 Å². The van der Waals surface area contributed by atoms with E-state index in [2.05, 4.69) is 4.98 Å². The van der Waals surface area contributed by atoms with Crippen LogP contribution in [-0.4, -0.2) is 33.3 Å². The third-order valence-electron chi connectivity index (χ3n) is 4.68. The molecule has 0 amide bonds. The molecule has 0 aliphatic heterocycles. The van der Waals surface area contributed by atoms with Gasteiger partial charge in [0.15, 0.2) is 6.10 Å². The van der Waals surface area contributed by atoms with E-state index in [0.717, 1.165) is 24.0 Å². The summed E-state index contributed by atoms with van der Waals surface area (Å²) in [6.45, 7) is 2.76. The van der Waals surface area contributed by atoms with Gasteiger partial charge in [0, 0.05) is 19.6 Å². The minimum absolute atomic E-state index is 0.0171. The number of aromatic nitrogens is 2. The summed E-state index contributed by atoms with van der Waals surface area (Å²) in [5.41, 5.74) is 2.77. The summed E-state index contributed by atoms with van der Waals surface area (Å²) in [7, 11) is 0. The molecule has 28 heavy (non-hydrogen) atoms. The molecule has 0 radical (unpaired) electrons. The van der Waals surface area contributed by atoms with E-state index in [1.807, 2.05) is 42.5 Å². The summed E-state index contributed by atoms with van der Waals surface area (Å²) >= 11 is 0. The molecule has 0 aliphatic rings. The number of aryl methyl sites for hydroxylation is 2. The standard InChI is InChI=1S/C22H24N2O4/c1-2-28-20(22(26)27)14-17-11-9-16(10-12-17)6-5-13-24-15-23-19-8-4-3-7-18(19)21(24)25/h3-4,7-12,15,20H,2,5-6,13-14H2,1H3,(H,26,27). The summed E-state index contributed by atoms with van der Waals surface area (Å²) < 4.78 is 6.90. The Bertz CT molecular complexity index is 995. The Balaban J connectivity index is 1.57. The van der Waals surface area contributed by atoms with Gasteiger partial charge in [0.25, 0.3) is 5.56 Å². The largest absolute Gasteiger partial charge is 0.479 e. The van der Waals surface area contributed by atoms with Crippen LogP contribution in [0.1, 0.15) is 24.5 Å². The zero-order chi connectivity index (χ0) is 19.9. The monoisotopic (exact) mass is 380 g/mol. The van der Waals surface area contributed by atoms with E-state index >= 15 is 0 Å². The first kappa shape index (κ1) is 19.8. The first-order valence-corrected chi connectivity index (χ1v) is 9.45. The van der Waals surface area contributed by atoms with E-state index in [1.165, 1.54) is 0 Å². The summed E-state index contributed by atoms with van der Waals surface area (Å²) in [5, 5.41) is 9.81. The van der Waals surface area contributed by atoms with Gasteiger partial charge in [0.05, 0.1) is 17.2 Å². The van der Waals surface area contributed by atoms with Crippen LogP contribution in [0.2, 0.25) is 0 Å². The Morgan fingerprint density at radius 2 is 1.86 bits per heavy atom. The molecule has 3 rings (SSSR count). The molecule has 1 aromatic heterocycles. The van der Waals surface area contributed by atoms with Crippen molar-refractivity contribution in [2.24, 2.45) is 0 Å². The number of benzene rings is 2. The van der Waals surface area contributed by atoms with Crippen LogP contribution in [-0.2, 0) is 28.9 Å². The average Bonchev–Trinajstić information content (AvgIpc) is 2.70. The van der Waals surface area contributed by atoms with Crippen molar-refractivity contribution in [1.82, 2.24) is 9.55 Å². The zero-order valence-corrected chi connectivity index (χ0v) is 15.9. The Labute approximate surface area is 163 Å². The first-order chi connectivity index (χ1) is 13.6. The summed E-state index contributed by atoms with van der Waals surface area (Å²) in [6, 6.07) is 15.2. The molecule has 6 heteroatoms. The number of carboxylic acid groups (broad SMARTS) is 1. The van der Waals surface area contributed by atoms with Gasteiger partial charge in [-0.15, -0.1) is 0 Å².